The first-order chi connectivity index (χ1) is 10.7. The Kier molecular flexibility index (Phi) is 3.20. The van der Waals surface area contributed by atoms with Crippen LogP contribution in [0.4, 0.5) is 4.39 Å². The lowest BCUT2D eigenvalue weighted by Crippen LogP contribution is -1.92. The molecule has 108 valence electrons. The average molecular weight is 376 g/mol. The fourth-order valence-electron chi connectivity index (χ4n) is 2.07. The number of hydrogen-bond acceptors (Lipinski definition) is 5. The van der Waals surface area contributed by atoms with E-state index in [0.29, 0.717) is 21.4 Å². The second kappa shape index (κ2) is 5.22. The Morgan fingerprint density at radius 2 is 2.00 bits per heavy atom. The van der Waals surface area contributed by atoms with Crippen LogP contribution in [0.5, 0.6) is 0 Å². The average Bonchev–Trinajstić information content (AvgIpc) is 3.07. The van der Waals surface area contributed by atoms with E-state index in [2.05, 4.69) is 36.2 Å². The Balaban J connectivity index is 1.86. The Bertz CT molecular complexity index is 980. The summed E-state index contributed by atoms with van der Waals surface area (Å²) in [5.74, 6) is 0.308. The van der Waals surface area contributed by atoms with Crippen molar-refractivity contribution < 1.29 is 4.39 Å². The molecule has 0 fully saturated rings. The molecule has 0 amide bonds. The van der Waals surface area contributed by atoms with Crippen molar-refractivity contribution in [3.8, 4) is 22.0 Å². The third-order valence-corrected chi connectivity index (χ3v) is 4.41. The molecule has 0 saturated heterocycles. The van der Waals surface area contributed by atoms with E-state index in [0.717, 1.165) is 10.0 Å². The molecular weight excluding hydrogens is 369 g/mol. The summed E-state index contributed by atoms with van der Waals surface area (Å²) in [6.07, 6.45) is 3.39. The molecule has 0 aliphatic carbocycles. The van der Waals surface area contributed by atoms with Crippen molar-refractivity contribution in [1.29, 1.82) is 0 Å². The van der Waals surface area contributed by atoms with Gasteiger partial charge in [-0.15, -0.1) is 10.2 Å². The normalized spacial score (nSPS) is 11.2. The lowest BCUT2D eigenvalue weighted by atomic mass is 10.2. The van der Waals surface area contributed by atoms with Crippen LogP contribution in [-0.4, -0.2) is 24.8 Å². The lowest BCUT2D eigenvalue weighted by Gasteiger charge is -1.97. The zero-order valence-corrected chi connectivity index (χ0v) is 13.3. The Morgan fingerprint density at radius 1 is 1.09 bits per heavy atom. The highest BCUT2D eigenvalue weighted by Crippen LogP contribution is 2.28. The van der Waals surface area contributed by atoms with E-state index in [-0.39, 0.29) is 5.82 Å². The highest BCUT2D eigenvalue weighted by Gasteiger charge is 2.15. The highest BCUT2D eigenvalue weighted by atomic mass is 79.9. The van der Waals surface area contributed by atoms with Crippen LogP contribution in [0.3, 0.4) is 0 Å². The molecule has 0 saturated carbocycles. The summed E-state index contributed by atoms with van der Waals surface area (Å²) in [5.41, 5.74) is 1.52. The molecule has 0 spiro atoms. The molecule has 8 heteroatoms. The number of hydrogen-bond donors (Lipinski definition) is 0. The van der Waals surface area contributed by atoms with Crippen molar-refractivity contribution in [2.75, 3.05) is 0 Å². The summed E-state index contributed by atoms with van der Waals surface area (Å²) in [5, 5.41) is 13.4. The van der Waals surface area contributed by atoms with Gasteiger partial charge in [-0.1, -0.05) is 23.5 Å². The minimum atomic E-state index is -0.292. The minimum Gasteiger partial charge on any atom is -0.263 e. The number of pyridine rings is 1. The summed E-state index contributed by atoms with van der Waals surface area (Å²) >= 11 is 4.74. The summed E-state index contributed by atoms with van der Waals surface area (Å²) in [6, 6.07) is 8.22. The lowest BCUT2D eigenvalue weighted by molar-refractivity contribution is 0.628. The van der Waals surface area contributed by atoms with Gasteiger partial charge in [0.25, 0.3) is 0 Å². The van der Waals surface area contributed by atoms with Gasteiger partial charge in [0.05, 0.1) is 0 Å². The summed E-state index contributed by atoms with van der Waals surface area (Å²) < 4.78 is 15.8. The molecule has 3 aromatic heterocycles. The summed E-state index contributed by atoms with van der Waals surface area (Å²) in [4.78, 5) is 4.77. The van der Waals surface area contributed by atoms with Crippen LogP contribution in [0.1, 0.15) is 0 Å². The number of aromatic nitrogens is 5. The predicted molar refractivity (Wildman–Crippen MR) is 85.0 cm³/mol. The molecule has 4 aromatic rings. The highest BCUT2D eigenvalue weighted by molar-refractivity contribution is 9.10. The fourth-order valence-corrected chi connectivity index (χ4v) is 3.27. The number of benzene rings is 1. The Labute approximate surface area is 136 Å². The van der Waals surface area contributed by atoms with Gasteiger partial charge < -0.3 is 0 Å². The van der Waals surface area contributed by atoms with Crippen molar-refractivity contribution >= 4 is 32.2 Å². The van der Waals surface area contributed by atoms with Crippen LogP contribution >= 0.6 is 27.3 Å². The quantitative estimate of drug-likeness (QED) is 0.534. The molecule has 0 aliphatic rings. The van der Waals surface area contributed by atoms with E-state index >= 15 is 0 Å². The monoisotopic (exact) mass is 375 g/mol. The molecule has 0 radical (unpaired) electrons. The van der Waals surface area contributed by atoms with Crippen LogP contribution in [0.2, 0.25) is 0 Å². The molecule has 0 atom stereocenters. The van der Waals surface area contributed by atoms with Crippen LogP contribution < -0.4 is 0 Å². The second-order valence-electron chi connectivity index (χ2n) is 4.53. The molecule has 0 N–H and O–H groups in total. The van der Waals surface area contributed by atoms with Crippen LogP contribution in [0, 0.1) is 5.82 Å². The van der Waals surface area contributed by atoms with E-state index in [1.807, 2.05) is 12.1 Å². The molecule has 0 aliphatic heterocycles. The number of fused-ring (bicyclic) bond motifs is 1. The van der Waals surface area contributed by atoms with Gasteiger partial charge in [-0.25, -0.2) is 4.39 Å². The molecule has 4 rings (SSSR count). The van der Waals surface area contributed by atoms with Crippen LogP contribution in [0.15, 0.2) is 47.2 Å². The van der Waals surface area contributed by atoms with Gasteiger partial charge in [-0.05, 0) is 34.1 Å². The first-order valence-corrected chi connectivity index (χ1v) is 7.91. The van der Waals surface area contributed by atoms with Gasteiger partial charge in [-0.2, -0.15) is 9.61 Å². The van der Waals surface area contributed by atoms with Crippen molar-refractivity contribution in [3.05, 3.63) is 53.0 Å². The topological polar surface area (TPSA) is 56.0 Å². The van der Waals surface area contributed by atoms with E-state index in [1.54, 1.807) is 23.0 Å². The van der Waals surface area contributed by atoms with Gasteiger partial charge in [0, 0.05) is 28.0 Å². The largest absolute Gasteiger partial charge is 0.263 e. The van der Waals surface area contributed by atoms with Crippen molar-refractivity contribution in [3.63, 3.8) is 0 Å². The summed E-state index contributed by atoms with van der Waals surface area (Å²) in [7, 11) is 0. The molecule has 0 bridgehead atoms. The second-order valence-corrected chi connectivity index (χ2v) is 6.40. The Hall–Kier alpha value is -2.19. The Morgan fingerprint density at radius 3 is 2.82 bits per heavy atom. The summed E-state index contributed by atoms with van der Waals surface area (Å²) in [6.45, 7) is 0. The van der Waals surface area contributed by atoms with E-state index in [1.165, 1.54) is 23.5 Å². The third-order valence-electron chi connectivity index (χ3n) is 3.03. The van der Waals surface area contributed by atoms with Crippen molar-refractivity contribution in [2.24, 2.45) is 0 Å². The van der Waals surface area contributed by atoms with Gasteiger partial charge in [0.15, 0.2) is 5.82 Å². The standard InChI is InChI=1S/C14H7BrFN5S/c15-10-4-9(6-17-7-10)12-18-19-14-21(12)20-13(22-14)8-2-1-3-11(16)5-8/h1-7H. The van der Waals surface area contributed by atoms with Crippen LogP contribution in [0.25, 0.3) is 26.9 Å². The first kappa shape index (κ1) is 13.5. The maximum Gasteiger partial charge on any atom is 0.235 e. The molecule has 3 heterocycles. The van der Waals surface area contributed by atoms with Crippen molar-refractivity contribution in [1.82, 2.24) is 24.8 Å². The van der Waals surface area contributed by atoms with Crippen molar-refractivity contribution in [2.45, 2.75) is 0 Å². The molecule has 22 heavy (non-hydrogen) atoms. The van der Waals surface area contributed by atoms with Gasteiger partial charge in [-0.3, -0.25) is 4.98 Å². The van der Waals surface area contributed by atoms with E-state index in [4.69, 9.17) is 0 Å². The molecule has 5 nitrogen and oxygen atoms in total. The fraction of sp³-hybridized carbons (Fsp3) is 0. The molecule has 0 unspecified atom stereocenters. The van der Waals surface area contributed by atoms with Gasteiger partial charge >= 0.3 is 0 Å². The van der Waals surface area contributed by atoms with E-state index < -0.39 is 0 Å². The number of rotatable bonds is 2. The predicted octanol–water partition coefficient (Wildman–Crippen LogP) is 3.82. The zero-order valence-electron chi connectivity index (χ0n) is 10.9. The maximum absolute atomic E-state index is 13.4. The SMILES string of the molecule is Fc1cccc(-c2nn3c(-c4cncc(Br)c4)nnc3s2)c1. The molecule has 1 aromatic carbocycles. The van der Waals surface area contributed by atoms with E-state index in [9.17, 15) is 4.39 Å². The number of nitrogens with zero attached hydrogens (tertiary/aromatic N) is 5. The van der Waals surface area contributed by atoms with Crippen LogP contribution in [-0.2, 0) is 0 Å². The smallest absolute Gasteiger partial charge is 0.235 e. The zero-order chi connectivity index (χ0) is 15.1. The maximum atomic E-state index is 13.4. The van der Waals surface area contributed by atoms with Gasteiger partial charge in [0.1, 0.15) is 10.8 Å². The third kappa shape index (κ3) is 2.30. The van der Waals surface area contributed by atoms with Gasteiger partial charge in [0.2, 0.25) is 4.96 Å². The first-order valence-electron chi connectivity index (χ1n) is 6.30. The number of halogens is 2. The minimum absolute atomic E-state index is 0.292. The molecular formula is C14H7BrFN5S.